The second kappa shape index (κ2) is 5.90. The molecule has 1 fully saturated rings. The van der Waals surface area contributed by atoms with Gasteiger partial charge in [-0.1, -0.05) is 11.6 Å². The molecule has 1 nitrogen and oxygen atoms in total. The lowest BCUT2D eigenvalue weighted by molar-refractivity contribution is 0.503. The van der Waals surface area contributed by atoms with Gasteiger partial charge in [-0.15, -0.1) is 0 Å². The fourth-order valence-corrected chi connectivity index (χ4v) is 2.43. The van der Waals surface area contributed by atoms with E-state index >= 15 is 0 Å². The molecule has 1 saturated heterocycles. The number of nitrogens with one attached hydrogen (secondary N) is 1. The van der Waals surface area contributed by atoms with E-state index in [1.165, 1.54) is 29.9 Å². The van der Waals surface area contributed by atoms with E-state index in [0.29, 0.717) is 0 Å². The van der Waals surface area contributed by atoms with Gasteiger partial charge < -0.3 is 5.32 Å². The highest BCUT2D eigenvalue weighted by molar-refractivity contribution is 7.99. The van der Waals surface area contributed by atoms with Crippen molar-refractivity contribution in [2.24, 2.45) is 0 Å². The van der Waals surface area contributed by atoms with E-state index in [1.54, 1.807) is 5.54 Å². The first-order chi connectivity index (χ1) is 5.83. The molecule has 0 aromatic rings. The maximum Gasteiger partial charge on any atom is 0.0176 e. The molecule has 0 saturated carbocycles. The monoisotopic (exact) mass is 205 g/mol. The van der Waals surface area contributed by atoms with Gasteiger partial charge >= 0.3 is 0 Å². The zero-order valence-electron chi connectivity index (χ0n) is 7.48. The number of rotatable bonds is 3. The standard InChI is InChI=1S/C9H16ClNS/c1-8(6-10)7-11-9-2-4-12-5-3-9/h6,9,11H,2-5,7H2,1H3. The van der Waals surface area contributed by atoms with Crippen LogP contribution in [0.5, 0.6) is 0 Å². The van der Waals surface area contributed by atoms with Gasteiger partial charge in [0.1, 0.15) is 0 Å². The zero-order chi connectivity index (χ0) is 8.81. The lowest BCUT2D eigenvalue weighted by Gasteiger charge is -2.22. The highest BCUT2D eigenvalue weighted by Gasteiger charge is 2.11. The first-order valence-corrected chi connectivity index (χ1v) is 5.99. The second-order valence-electron chi connectivity index (χ2n) is 3.22. The molecular formula is C9H16ClNS. The third-order valence-electron chi connectivity index (χ3n) is 2.08. The summed E-state index contributed by atoms with van der Waals surface area (Å²) < 4.78 is 0. The molecule has 0 spiro atoms. The molecule has 0 amide bonds. The van der Waals surface area contributed by atoms with E-state index in [1.807, 2.05) is 0 Å². The summed E-state index contributed by atoms with van der Waals surface area (Å²) in [5.41, 5.74) is 2.87. The van der Waals surface area contributed by atoms with Crippen molar-refractivity contribution in [1.82, 2.24) is 5.32 Å². The van der Waals surface area contributed by atoms with Crippen LogP contribution in [-0.2, 0) is 0 Å². The Balaban J connectivity index is 2.13. The summed E-state index contributed by atoms with van der Waals surface area (Å²) >= 11 is 7.62. The highest BCUT2D eigenvalue weighted by atomic mass is 35.5. The SMILES string of the molecule is CC(=CCl)CNC1CCSCC1. The third-order valence-corrected chi connectivity index (χ3v) is 3.50. The minimum Gasteiger partial charge on any atom is -0.310 e. The molecule has 0 aromatic carbocycles. The van der Waals surface area contributed by atoms with Crippen LogP contribution in [0.3, 0.4) is 0 Å². The van der Waals surface area contributed by atoms with Gasteiger partial charge in [-0.3, -0.25) is 0 Å². The second-order valence-corrected chi connectivity index (χ2v) is 4.67. The summed E-state index contributed by atoms with van der Waals surface area (Å²) in [5, 5.41) is 3.51. The van der Waals surface area contributed by atoms with Crippen molar-refractivity contribution in [3.63, 3.8) is 0 Å². The quantitative estimate of drug-likeness (QED) is 0.761. The van der Waals surface area contributed by atoms with Crippen LogP contribution >= 0.6 is 23.4 Å². The zero-order valence-corrected chi connectivity index (χ0v) is 9.05. The topological polar surface area (TPSA) is 12.0 Å². The summed E-state index contributed by atoms with van der Waals surface area (Å²) in [7, 11) is 0. The molecule has 0 unspecified atom stereocenters. The smallest absolute Gasteiger partial charge is 0.0176 e. The van der Waals surface area contributed by atoms with Crippen LogP contribution < -0.4 is 5.32 Å². The van der Waals surface area contributed by atoms with Crippen LogP contribution in [0.25, 0.3) is 0 Å². The van der Waals surface area contributed by atoms with Gasteiger partial charge in [0.15, 0.2) is 0 Å². The minimum atomic E-state index is 0.720. The Hall–Kier alpha value is 0.340. The molecule has 3 heteroatoms. The summed E-state index contributed by atoms with van der Waals surface area (Å²) in [6, 6.07) is 0.720. The van der Waals surface area contributed by atoms with Gasteiger partial charge in [0, 0.05) is 18.1 Å². The van der Waals surface area contributed by atoms with Crippen LogP contribution in [0, 0.1) is 0 Å². The van der Waals surface area contributed by atoms with Gasteiger partial charge in [0.05, 0.1) is 0 Å². The maximum absolute atomic E-state index is 5.56. The first kappa shape index (κ1) is 10.4. The Bertz CT molecular complexity index is 153. The van der Waals surface area contributed by atoms with Gasteiger partial charge in [0.25, 0.3) is 0 Å². The molecule has 1 aliphatic heterocycles. The van der Waals surface area contributed by atoms with E-state index in [4.69, 9.17) is 11.6 Å². The Morgan fingerprint density at radius 1 is 1.58 bits per heavy atom. The predicted octanol–water partition coefficient (Wildman–Crippen LogP) is 2.61. The van der Waals surface area contributed by atoms with Crippen molar-refractivity contribution in [1.29, 1.82) is 0 Å². The molecule has 12 heavy (non-hydrogen) atoms. The maximum atomic E-state index is 5.56. The normalized spacial score (nSPS) is 21.3. The molecule has 1 aliphatic rings. The summed E-state index contributed by atoms with van der Waals surface area (Å²) in [4.78, 5) is 0. The van der Waals surface area contributed by atoms with E-state index in [0.717, 1.165) is 12.6 Å². The molecular weight excluding hydrogens is 190 g/mol. The molecule has 1 heterocycles. The van der Waals surface area contributed by atoms with Crippen molar-refractivity contribution in [2.75, 3.05) is 18.1 Å². The molecule has 0 aromatic heterocycles. The minimum absolute atomic E-state index is 0.720. The van der Waals surface area contributed by atoms with Gasteiger partial charge in [-0.2, -0.15) is 11.8 Å². The van der Waals surface area contributed by atoms with E-state index < -0.39 is 0 Å². The third kappa shape index (κ3) is 3.83. The van der Waals surface area contributed by atoms with Crippen LogP contribution in [0.1, 0.15) is 19.8 Å². The fraction of sp³-hybridized carbons (Fsp3) is 0.778. The largest absolute Gasteiger partial charge is 0.310 e. The van der Waals surface area contributed by atoms with Crippen molar-refractivity contribution in [2.45, 2.75) is 25.8 Å². The van der Waals surface area contributed by atoms with Gasteiger partial charge in [-0.05, 0) is 36.8 Å². The lowest BCUT2D eigenvalue weighted by atomic mass is 10.1. The first-order valence-electron chi connectivity index (χ1n) is 4.40. The van der Waals surface area contributed by atoms with Crippen LogP contribution in [0.2, 0.25) is 0 Å². The van der Waals surface area contributed by atoms with Gasteiger partial charge in [-0.25, -0.2) is 0 Å². The Kier molecular flexibility index (Phi) is 5.12. The van der Waals surface area contributed by atoms with Crippen LogP contribution in [-0.4, -0.2) is 24.1 Å². The van der Waals surface area contributed by atoms with Gasteiger partial charge in [0.2, 0.25) is 0 Å². The Morgan fingerprint density at radius 3 is 2.83 bits per heavy atom. The summed E-state index contributed by atoms with van der Waals surface area (Å²) in [6.07, 6.45) is 2.61. The number of hydrogen-bond donors (Lipinski definition) is 1. The Labute approximate surface area is 83.9 Å². The number of thioether (sulfide) groups is 1. The predicted molar refractivity (Wildman–Crippen MR) is 58.0 cm³/mol. The molecule has 0 radical (unpaired) electrons. The molecule has 0 bridgehead atoms. The molecule has 70 valence electrons. The average Bonchev–Trinajstić information content (AvgIpc) is 2.16. The van der Waals surface area contributed by atoms with E-state index in [-0.39, 0.29) is 0 Å². The average molecular weight is 206 g/mol. The molecule has 0 atom stereocenters. The number of hydrogen-bond acceptors (Lipinski definition) is 2. The Morgan fingerprint density at radius 2 is 2.25 bits per heavy atom. The fourth-order valence-electron chi connectivity index (χ4n) is 1.25. The van der Waals surface area contributed by atoms with Crippen molar-refractivity contribution in [3.05, 3.63) is 11.1 Å². The van der Waals surface area contributed by atoms with Crippen LogP contribution in [0.15, 0.2) is 11.1 Å². The molecule has 0 aliphatic carbocycles. The van der Waals surface area contributed by atoms with Crippen molar-refractivity contribution < 1.29 is 0 Å². The summed E-state index contributed by atoms with van der Waals surface area (Å²) in [5.74, 6) is 2.61. The lowest BCUT2D eigenvalue weighted by Crippen LogP contribution is -2.33. The summed E-state index contributed by atoms with van der Waals surface area (Å²) in [6.45, 7) is 3.00. The van der Waals surface area contributed by atoms with Crippen molar-refractivity contribution in [3.8, 4) is 0 Å². The molecule has 1 rings (SSSR count). The van der Waals surface area contributed by atoms with Crippen LogP contribution in [0.4, 0.5) is 0 Å². The van der Waals surface area contributed by atoms with Crippen molar-refractivity contribution >= 4 is 23.4 Å². The highest BCUT2D eigenvalue weighted by Crippen LogP contribution is 2.16. The molecule has 1 N–H and O–H groups in total. The van der Waals surface area contributed by atoms with E-state index in [2.05, 4.69) is 24.0 Å². The number of halogens is 1. The van der Waals surface area contributed by atoms with E-state index in [9.17, 15) is 0 Å².